The molecule has 0 atom stereocenters. The molecule has 0 aliphatic carbocycles. The summed E-state index contributed by atoms with van der Waals surface area (Å²) in [5.74, 6) is 0. The maximum atomic E-state index is 3.82. The maximum absolute atomic E-state index is 3.82. The minimum atomic E-state index is 1.06. The van der Waals surface area contributed by atoms with Gasteiger partial charge in [-0.25, -0.2) is 0 Å². The molecule has 0 saturated heterocycles. The van der Waals surface area contributed by atoms with E-state index in [2.05, 4.69) is 38.2 Å². The molecule has 0 aromatic carbocycles. The van der Waals surface area contributed by atoms with Crippen molar-refractivity contribution >= 4 is 0 Å². The minimum Gasteiger partial charge on any atom is -0.0885 e. The lowest BCUT2D eigenvalue weighted by molar-refractivity contribution is 0.836. The fourth-order valence-electron chi connectivity index (χ4n) is 1.25. The highest BCUT2D eigenvalue weighted by Gasteiger charge is 1.81. The predicted octanol–water partition coefficient (Wildman–Crippen LogP) is 5.07. The van der Waals surface area contributed by atoms with Crippen LogP contribution >= 0.6 is 0 Å². The van der Waals surface area contributed by atoms with Crippen molar-refractivity contribution < 1.29 is 0 Å². The predicted molar refractivity (Wildman–Crippen MR) is 66.2 cm³/mol. The molecule has 0 saturated carbocycles. The molecular weight excluding hydrogens is 168 g/mol. The van der Waals surface area contributed by atoms with Crippen LogP contribution in [0.4, 0.5) is 0 Å². The zero-order chi connectivity index (χ0) is 10.5. The molecule has 0 heteroatoms. The van der Waals surface area contributed by atoms with Crippen molar-refractivity contribution in [2.75, 3.05) is 0 Å². The standard InChI is InChI=1S/C14H25/c1-3-5-7-9-11-13-14-12-10-8-6-4-2/h8-11H,1,3-7,12-14H2,2H3. The molecule has 0 aromatic heterocycles. The zero-order valence-corrected chi connectivity index (χ0v) is 9.67. The topological polar surface area (TPSA) is 0 Å². The highest BCUT2D eigenvalue weighted by Crippen LogP contribution is 2.01. The van der Waals surface area contributed by atoms with Gasteiger partial charge < -0.3 is 0 Å². The fraction of sp³-hybridized carbons (Fsp3) is 0.643. The Morgan fingerprint density at radius 1 is 0.786 bits per heavy atom. The molecule has 0 fully saturated rings. The third-order valence-electron chi connectivity index (χ3n) is 2.15. The summed E-state index contributed by atoms with van der Waals surface area (Å²) in [5, 5.41) is 0. The smallest absolute Gasteiger partial charge is 0.0348 e. The molecule has 0 amide bonds. The first kappa shape index (κ1) is 13.5. The van der Waals surface area contributed by atoms with E-state index in [0.29, 0.717) is 0 Å². The van der Waals surface area contributed by atoms with Crippen LogP contribution in [0.3, 0.4) is 0 Å². The summed E-state index contributed by atoms with van der Waals surface area (Å²) >= 11 is 0. The first-order valence-electron chi connectivity index (χ1n) is 6.01. The van der Waals surface area contributed by atoms with Crippen molar-refractivity contribution in [3.8, 4) is 0 Å². The molecule has 81 valence electrons. The summed E-state index contributed by atoms with van der Waals surface area (Å²) in [4.78, 5) is 0. The van der Waals surface area contributed by atoms with Crippen molar-refractivity contribution in [2.24, 2.45) is 0 Å². The van der Waals surface area contributed by atoms with Gasteiger partial charge in [0.05, 0.1) is 0 Å². The Morgan fingerprint density at radius 3 is 1.79 bits per heavy atom. The van der Waals surface area contributed by atoms with Crippen LogP contribution in [-0.2, 0) is 0 Å². The van der Waals surface area contributed by atoms with Crippen LogP contribution in [0.1, 0.15) is 58.3 Å². The highest BCUT2D eigenvalue weighted by atomic mass is 13.9. The Bertz CT molecular complexity index is 142. The van der Waals surface area contributed by atoms with E-state index in [0.717, 1.165) is 6.42 Å². The van der Waals surface area contributed by atoms with E-state index in [9.17, 15) is 0 Å². The van der Waals surface area contributed by atoms with E-state index in [1.807, 2.05) is 0 Å². The third-order valence-corrected chi connectivity index (χ3v) is 2.15. The summed E-state index contributed by atoms with van der Waals surface area (Å²) in [5.41, 5.74) is 0. The monoisotopic (exact) mass is 193 g/mol. The molecule has 0 unspecified atom stereocenters. The lowest BCUT2D eigenvalue weighted by Gasteiger charge is -1.91. The van der Waals surface area contributed by atoms with E-state index < -0.39 is 0 Å². The second-order valence-electron chi connectivity index (χ2n) is 3.66. The molecule has 0 aromatic rings. The van der Waals surface area contributed by atoms with E-state index >= 15 is 0 Å². The van der Waals surface area contributed by atoms with Crippen molar-refractivity contribution in [2.45, 2.75) is 58.3 Å². The highest BCUT2D eigenvalue weighted by molar-refractivity contribution is 4.85. The Hall–Kier alpha value is -0.520. The van der Waals surface area contributed by atoms with Crippen LogP contribution in [0.25, 0.3) is 0 Å². The lowest BCUT2D eigenvalue weighted by atomic mass is 10.2. The van der Waals surface area contributed by atoms with Gasteiger partial charge in [0.2, 0.25) is 0 Å². The largest absolute Gasteiger partial charge is 0.0885 e. The zero-order valence-electron chi connectivity index (χ0n) is 9.67. The average Bonchev–Trinajstić information content (AvgIpc) is 2.21. The number of rotatable bonds is 9. The van der Waals surface area contributed by atoms with Gasteiger partial charge in [-0.15, -0.1) is 0 Å². The SMILES string of the molecule is [CH2]CCCC=CCCCC=CCCC. The number of hydrogen-bond donors (Lipinski definition) is 0. The first-order chi connectivity index (χ1) is 6.91. The molecule has 14 heavy (non-hydrogen) atoms. The summed E-state index contributed by atoms with van der Waals surface area (Å²) in [6.45, 7) is 6.04. The van der Waals surface area contributed by atoms with Gasteiger partial charge in [0, 0.05) is 0 Å². The van der Waals surface area contributed by atoms with Gasteiger partial charge in [0.15, 0.2) is 0 Å². The van der Waals surface area contributed by atoms with Gasteiger partial charge >= 0.3 is 0 Å². The van der Waals surface area contributed by atoms with E-state index in [1.165, 1.54) is 44.9 Å². The summed E-state index contributed by atoms with van der Waals surface area (Å²) in [6.07, 6.45) is 19.0. The first-order valence-corrected chi connectivity index (χ1v) is 6.01. The molecule has 0 aliphatic heterocycles. The van der Waals surface area contributed by atoms with Crippen LogP contribution in [-0.4, -0.2) is 0 Å². The molecule has 1 radical (unpaired) electrons. The molecular formula is C14H25. The molecule has 0 bridgehead atoms. The van der Waals surface area contributed by atoms with Crippen LogP contribution in [0.5, 0.6) is 0 Å². The molecule has 0 N–H and O–H groups in total. The summed E-state index contributed by atoms with van der Waals surface area (Å²) in [6, 6.07) is 0. The Kier molecular flexibility index (Phi) is 12.0. The van der Waals surface area contributed by atoms with Gasteiger partial charge in [0.25, 0.3) is 0 Å². The maximum Gasteiger partial charge on any atom is -0.0348 e. The minimum absolute atomic E-state index is 1.06. The van der Waals surface area contributed by atoms with Gasteiger partial charge in [-0.3, -0.25) is 0 Å². The third kappa shape index (κ3) is 11.5. The lowest BCUT2D eigenvalue weighted by Crippen LogP contribution is -1.71. The fourth-order valence-corrected chi connectivity index (χ4v) is 1.25. The Balaban J connectivity index is 3.08. The van der Waals surface area contributed by atoms with Crippen molar-refractivity contribution in [1.29, 1.82) is 0 Å². The molecule has 0 nitrogen and oxygen atoms in total. The summed E-state index contributed by atoms with van der Waals surface area (Å²) < 4.78 is 0. The van der Waals surface area contributed by atoms with Crippen LogP contribution < -0.4 is 0 Å². The van der Waals surface area contributed by atoms with E-state index in [1.54, 1.807) is 0 Å². The van der Waals surface area contributed by atoms with Gasteiger partial charge in [0.1, 0.15) is 0 Å². The Morgan fingerprint density at radius 2 is 1.29 bits per heavy atom. The van der Waals surface area contributed by atoms with Crippen LogP contribution in [0.15, 0.2) is 24.3 Å². The molecule has 0 heterocycles. The van der Waals surface area contributed by atoms with Crippen molar-refractivity contribution in [3.05, 3.63) is 31.2 Å². The normalized spacial score (nSPS) is 11.9. The quantitative estimate of drug-likeness (QED) is 0.354. The number of allylic oxidation sites excluding steroid dienone is 4. The molecule has 0 aliphatic rings. The molecule has 0 rings (SSSR count). The van der Waals surface area contributed by atoms with Crippen molar-refractivity contribution in [1.82, 2.24) is 0 Å². The Labute approximate surface area is 90.1 Å². The summed E-state index contributed by atoms with van der Waals surface area (Å²) in [7, 11) is 0. The second-order valence-corrected chi connectivity index (χ2v) is 3.66. The van der Waals surface area contributed by atoms with Crippen LogP contribution in [0, 0.1) is 6.92 Å². The number of hydrogen-bond acceptors (Lipinski definition) is 0. The van der Waals surface area contributed by atoms with E-state index in [4.69, 9.17) is 0 Å². The van der Waals surface area contributed by atoms with Gasteiger partial charge in [-0.2, -0.15) is 0 Å². The second kappa shape index (κ2) is 12.5. The van der Waals surface area contributed by atoms with Crippen molar-refractivity contribution in [3.63, 3.8) is 0 Å². The van der Waals surface area contributed by atoms with Gasteiger partial charge in [-0.1, -0.05) is 51.0 Å². The van der Waals surface area contributed by atoms with Crippen LogP contribution in [0.2, 0.25) is 0 Å². The average molecular weight is 193 g/mol. The molecule has 0 spiro atoms. The number of unbranched alkanes of at least 4 members (excludes halogenated alkanes) is 5. The van der Waals surface area contributed by atoms with Gasteiger partial charge in [-0.05, 0) is 38.5 Å². The van der Waals surface area contributed by atoms with E-state index in [-0.39, 0.29) is 0 Å².